The first-order valence-electron chi connectivity index (χ1n) is 6.61. The van der Waals surface area contributed by atoms with Crippen LogP contribution in [-0.4, -0.2) is 19.3 Å². The van der Waals surface area contributed by atoms with Crippen LogP contribution in [-0.2, 0) is 4.74 Å². The first kappa shape index (κ1) is 12.4. The molecule has 0 aliphatic carbocycles. The maximum Gasteiger partial charge on any atom is 0.0514 e. The van der Waals surface area contributed by atoms with Crippen LogP contribution in [0.5, 0.6) is 0 Å². The van der Waals surface area contributed by atoms with Crippen molar-refractivity contribution < 1.29 is 4.74 Å². The maximum absolute atomic E-state index is 5.45. The van der Waals surface area contributed by atoms with Gasteiger partial charge in [-0.2, -0.15) is 0 Å². The molecule has 0 spiro atoms. The Morgan fingerprint density at radius 2 is 2.00 bits per heavy atom. The zero-order chi connectivity index (χ0) is 12.3. The smallest absolute Gasteiger partial charge is 0.0514 e. The highest BCUT2D eigenvalue weighted by Crippen LogP contribution is 2.26. The third kappa shape index (κ3) is 3.01. The largest absolute Gasteiger partial charge is 0.382 e. The predicted octanol–water partition coefficient (Wildman–Crippen LogP) is 3.65. The molecule has 17 heavy (non-hydrogen) atoms. The molecule has 0 saturated carbocycles. The second-order valence-electron chi connectivity index (χ2n) is 5.30. The fraction of sp³-hybridized carbons (Fsp3) is 0.600. The molecule has 1 aliphatic rings. The van der Waals surface area contributed by atoms with Crippen molar-refractivity contribution in [2.75, 3.05) is 18.5 Å². The van der Waals surface area contributed by atoms with E-state index in [2.05, 4.69) is 50.4 Å². The minimum atomic E-state index is 0.484. The summed E-state index contributed by atoms with van der Waals surface area (Å²) in [6.45, 7) is 8.56. The van der Waals surface area contributed by atoms with E-state index < -0.39 is 0 Å². The number of hydrogen-bond donors (Lipinski definition) is 1. The number of benzene rings is 1. The van der Waals surface area contributed by atoms with E-state index in [1.54, 1.807) is 0 Å². The molecule has 2 rings (SSSR count). The molecule has 94 valence electrons. The molecule has 1 fully saturated rings. The molecule has 2 nitrogen and oxygen atoms in total. The van der Waals surface area contributed by atoms with Gasteiger partial charge in [0.2, 0.25) is 0 Å². The van der Waals surface area contributed by atoms with Crippen LogP contribution in [0.2, 0.25) is 0 Å². The Morgan fingerprint density at radius 1 is 1.24 bits per heavy atom. The second kappa shape index (κ2) is 5.54. The standard InChI is InChI=1S/C15H23NO/c1-11(2)14-6-4-5-7-15(14)16-12(3)13-8-9-17-10-13/h4-7,11-13,16H,8-10H2,1-3H3. The average Bonchev–Trinajstić information content (AvgIpc) is 2.83. The lowest BCUT2D eigenvalue weighted by Gasteiger charge is -2.23. The number of hydrogen-bond acceptors (Lipinski definition) is 2. The summed E-state index contributed by atoms with van der Waals surface area (Å²) in [6, 6.07) is 9.10. The summed E-state index contributed by atoms with van der Waals surface area (Å²) in [5.74, 6) is 1.21. The molecule has 0 bridgehead atoms. The van der Waals surface area contributed by atoms with Gasteiger partial charge >= 0.3 is 0 Å². The third-order valence-corrected chi connectivity index (χ3v) is 3.64. The molecule has 2 unspecified atom stereocenters. The highest BCUT2D eigenvalue weighted by atomic mass is 16.5. The summed E-state index contributed by atoms with van der Waals surface area (Å²) in [7, 11) is 0. The molecule has 0 aromatic heterocycles. The number of nitrogens with one attached hydrogen (secondary N) is 1. The van der Waals surface area contributed by atoms with Crippen molar-refractivity contribution in [3.05, 3.63) is 29.8 Å². The molecule has 1 heterocycles. The number of anilines is 1. The molecule has 1 saturated heterocycles. The zero-order valence-electron chi connectivity index (χ0n) is 11.1. The highest BCUT2D eigenvalue weighted by Gasteiger charge is 2.22. The topological polar surface area (TPSA) is 21.3 Å². The summed E-state index contributed by atoms with van der Waals surface area (Å²) in [5.41, 5.74) is 2.68. The Balaban J connectivity index is 2.06. The Bertz CT molecular complexity index is 356. The van der Waals surface area contributed by atoms with Gasteiger partial charge in [-0.15, -0.1) is 0 Å². The van der Waals surface area contributed by atoms with Crippen molar-refractivity contribution in [2.45, 2.75) is 39.2 Å². The minimum Gasteiger partial charge on any atom is -0.382 e. The Labute approximate surface area is 104 Å². The first-order valence-corrected chi connectivity index (χ1v) is 6.61. The fourth-order valence-corrected chi connectivity index (χ4v) is 2.44. The van der Waals surface area contributed by atoms with E-state index in [4.69, 9.17) is 4.74 Å². The van der Waals surface area contributed by atoms with Crippen molar-refractivity contribution >= 4 is 5.69 Å². The molecule has 1 N–H and O–H groups in total. The van der Waals surface area contributed by atoms with Gasteiger partial charge in [-0.1, -0.05) is 32.0 Å². The van der Waals surface area contributed by atoms with Crippen LogP contribution < -0.4 is 5.32 Å². The van der Waals surface area contributed by atoms with Gasteiger partial charge < -0.3 is 10.1 Å². The van der Waals surface area contributed by atoms with Crippen molar-refractivity contribution in [3.63, 3.8) is 0 Å². The van der Waals surface area contributed by atoms with E-state index in [-0.39, 0.29) is 0 Å². The number of ether oxygens (including phenoxy) is 1. The molecule has 0 radical (unpaired) electrons. The monoisotopic (exact) mass is 233 g/mol. The Hall–Kier alpha value is -1.02. The SMILES string of the molecule is CC(C)c1ccccc1NC(C)C1CCOC1. The molecule has 2 atom stereocenters. The highest BCUT2D eigenvalue weighted by molar-refractivity contribution is 5.53. The van der Waals surface area contributed by atoms with Crippen LogP contribution in [0.4, 0.5) is 5.69 Å². The van der Waals surface area contributed by atoms with Crippen LogP contribution in [0.3, 0.4) is 0 Å². The van der Waals surface area contributed by atoms with Crippen LogP contribution >= 0.6 is 0 Å². The molecule has 0 amide bonds. The number of para-hydroxylation sites is 1. The normalized spacial score (nSPS) is 21.8. The summed E-state index contributed by atoms with van der Waals surface area (Å²) in [5, 5.41) is 3.65. The Morgan fingerprint density at radius 3 is 2.65 bits per heavy atom. The van der Waals surface area contributed by atoms with Crippen LogP contribution in [0.25, 0.3) is 0 Å². The molecular weight excluding hydrogens is 210 g/mol. The maximum atomic E-state index is 5.45. The van der Waals surface area contributed by atoms with Crippen LogP contribution in [0, 0.1) is 5.92 Å². The summed E-state index contributed by atoms with van der Waals surface area (Å²) in [4.78, 5) is 0. The van der Waals surface area contributed by atoms with Gasteiger partial charge in [-0.25, -0.2) is 0 Å². The lowest BCUT2D eigenvalue weighted by molar-refractivity contribution is 0.183. The van der Waals surface area contributed by atoms with Gasteiger partial charge in [0.1, 0.15) is 0 Å². The van der Waals surface area contributed by atoms with E-state index in [0.29, 0.717) is 17.9 Å². The van der Waals surface area contributed by atoms with Crippen LogP contribution in [0.15, 0.2) is 24.3 Å². The van der Waals surface area contributed by atoms with Gasteiger partial charge in [-0.05, 0) is 30.9 Å². The summed E-state index contributed by atoms with van der Waals surface area (Å²) < 4.78 is 5.45. The van der Waals surface area contributed by atoms with Gasteiger partial charge in [0.15, 0.2) is 0 Å². The van der Waals surface area contributed by atoms with Crippen molar-refractivity contribution in [2.24, 2.45) is 5.92 Å². The molecule has 2 heteroatoms. The van der Waals surface area contributed by atoms with E-state index in [9.17, 15) is 0 Å². The molecule has 1 aromatic rings. The van der Waals surface area contributed by atoms with Crippen molar-refractivity contribution in [1.82, 2.24) is 0 Å². The van der Waals surface area contributed by atoms with E-state index >= 15 is 0 Å². The fourth-order valence-electron chi connectivity index (χ4n) is 2.44. The van der Waals surface area contributed by atoms with E-state index in [1.807, 2.05) is 0 Å². The van der Waals surface area contributed by atoms with Gasteiger partial charge in [0.05, 0.1) is 6.61 Å². The second-order valence-corrected chi connectivity index (χ2v) is 5.30. The summed E-state index contributed by atoms with van der Waals surface area (Å²) in [6.07, 6.45) is 1.18. The van der Waals surface area contributed by atoms with E-state index in [0.717, 1.165) is 13.2 Å². The quantitative estimate of drug-likeness (QED) is 0.857. The molecule has 1 aliphatic heterocycles. The number of rotatable bonds is 4. The lowest BCUT2D eigenvalue weighted by Crippen LogP contribution is -2.26. The third-order valence-electron chi connectivity index (χ3n) is 3.64. The van der Waals surface area contributed by atoms with Gasteiger partial charge in [0, 0.05) is 24.3 Å². The minimum absolute atomic E-state index is 0.484. The lowest BCUT2D eigenvalue weighted by atomic mass is 9.97. The van der Waals surface area contributed by atoms with Crippen molar-refractivity contribution in [1.29, 1.82) is 0 Å². The average molecular weight is 233 g/mol. The van der Waals surface area contributed by atoms with Gasteiger partial charge in [-0.3, -0.25) is 0 Å². The first-order chi connectivity index (χ1) is 8.18. The van der Waals surface area contributed by atoms with Gasteiger partial charge in [0.25, 0.3) is 0 Å². The van der Waals surface area contributed by atoms with Crippen LogP contribution in [0.1, 0.15) is 38.7 Å². The zero-order valence-corrected chi connectivity index (χ0v) is 11.1. The molecule has 1 aromatic carbocycles. The molecular formula is C15H23NO. The Kier molecular flexibility index (Phi) is 4.06. The van der Waals surface area contributed by atoms with E-state index in [1.165, 1.54) is 17.7 Å². The predicted molar refractivity (Wildman–Crippen MR) is 72.5 cm³/mol. The summed E-state index contributed by atoms with van der Waals surface area (Å²) >= 11 is 0. The van der Waals surface area contributed by atoms with Crippen molar-refractivity contribution in [3.8, 4) is 0 Å².